The zero-order chi connectivity index (χ0) is 13.8. The van der Waals surface area contributed by atoms with Crippen LogP contribution in [0, 0.1) is 12.8 Å². The molecule has 1 saturated carbocycles. The number of carbonyl (C=O) groups is 1. The number of hydrogen-bond acceptors (Lipinski definition) is 2. The Morgan fingerprint density at radius 1 is 1.30 bits per heavy atom. The highest BCUT2D eigenvalue weighted by Crippen LogP contribution is 2.24. The predicted molar refractivity (Wildman–Crippen MR) is 84.9 cm³/mol. The number of hydrogen-bond donors (Lipinski definition) is 2. The Balaban J connectivity index is 0.00000200. The Labute approximate surface area is 127 Å². The molecule has 112 valence electrons. The summed E-state index contributed by atoms with van der Waals surface area (Å²) in [4.78, 5) is 12.2. The van der Waals surface area contributed by atoms with Gasteiger partial charge in [-0.15, -0.1) is 12.4 Å². The van der Waals surface area contributed by atoms with E-state index in [2.05, 4.69) is 12.2 Å². The molecule has 20 heavy (non-hydrogen) atoms. The van der Waals surface area contributed by atoms with E-state index in [0.717, 1.165) is 18.4 Å². The standard InChI is InChI=1S/C16H24N2O.ClH/c1-11-6-8-13(9-7-11)15(17)16(19)18-14-5-3-4-12(2)10-14;/h6-9,12,14-15H,3-5,10,17H2,1-2H3,(H,18,19);1H. The summed E-state index contributed by atoms with van der Waals surface area (Å²) in [6.45, 7) is 4.27. The van der Waals surface area contributed by atoms with Crippen molar-refractivity contribution in [1.29, 1.82) is 0 Å². The van der Waals surface area contributed by atoms with Crippen molar-refractivity contribution in [2.75, 3.05) is 0 Å². The van der Waals surface area contributed by atoms with Crippen LogP contribution < -0.4 is 11.1 Å². The molecule has 3 unspecified atom stereocenters. The molecule has 1 aromatic rings. The van der Waals surface area contributed by atoms with Crippen LogP contribution in [0.2, 0.25) is 0 Å². The Morgan fingerprint density at radius 3 is 2.55 bits per heavy atom. The number of rotatable bonds is 3. The second-order valence-electron chi connectivity index (χ2n) is 5.87. The van der Waals surface area contributed by atoms with Crippen LogP contribution in [0.5, 0.6) is 0 Å². The topological polar surface area (TPSA) is 55.1 Å². The van der Waals surface area contributed by atoms with E-state index in [0.29, 0.717) is 12.0 Å². The number of benzene rings is 1. The van der Waals surface area contributed by atoms with Crippen molar-refractivity contribution in [2.24, 2.45) is 11.7 Å². The van der Waals surface area contributed by atoms with E-state index in [1.807, 2.05) is 31.2 Å². The number of carbonyl (C=O) groups excluding carboxylic acids is 1. The largest absolute Gasteiger partial charge is 0.352 e. The fourth-order valence-electron chi connectivity index (χ4n) is 2.78. The van der Waals surface area contributed by atoms with Gasteiger partial charge in [-0.3, -0.25) is 4.79 Å². The van der Waals surface area contributed by atoms with Gasteiger partial charge in [-0.05, 0) is 31.2 Å². The van der Waals surface area contributed by atoms with Crippen LogP contribution in [0.4, 0.5) is 0 Å². The van der Waals surface area contributed by atoms with Gasteiger partial charge in [0.05, 0.1) is 0 Å². The van der Waals surface area contributed by atoms with Crippen LogP contribution in [-0.2, 0) is 4.79 Å². The molecule has 0 bridgehead atoms. The van der Waals surface area contributed by atoms with Crippen LogP contribution >= 0.6 is 12.4 Å². The van der Waals surface area contributed by atoms with E-state index in [9.17, 15) is 4.79 Å². The molecule has 3 N–H and O–H groups in total. The van der Waals surface area contributed by atoms with E-state index in [1.54, 1.807) is 0 Å². The zero-order valence-corrected chi connectivity index (χ0v) is 13.1. The first-order chi connectivity index (χ1) is 9.06. The molecule has 0 aliphatic heterocycles. The summed E-state index contributed by atoms with van der Waals surface area (Å²) < 4.78 is 0. The first-order valence-electron chi connectivity index (χ1n) is 7.19. The number of nitrogens with one attached hydrogen (secondary N) is 1. The highest BCUT2D eigenvalue weighted by molar-refractivity contribution is 5.85. The van der Waals surface area contributed by atoms with Gasteiger partial charge in [0.2, 0.25) is 5.91 Å². The second kappa shape index (κ2) is 7.65. The lowest BCUT2D eigenvalue weighted by atomic mass is 9.87. The molecule has 2 rings (SSSR count). The molecule has 3 atom stereocenters. The lowest BCUT2D eigenvalue weighted by molar-refractivity contribution is -0.123. The van der Waals surface area contributed by atoms with Crippen LogP contribution in [0.25, 0.3) is 0 Å². The third kappa shape index (κ3) is 4.50. The normalized spacial score (nSPS) is 23.6. The molecule has 0 saturated heterocycles. The summed E-state index contributed by atoms with van der Waals surface area (Å²) in [5, 5.41) is 3.10. The van der Waals surface area contributed by atoms with Crippen molar-refractivity contribution in [3.05, 3.63) is 35.4 Å². The van der Waals surface area contributed by atoms with Crippen LogP contribution in [-0.4, -0.2) is 11.9 Å². The monoisotopic (exact) mass is 296 g/mol. The molecule has 0 aromatic heterocycles. The zero-order valence-electron chi connectivity index (χ0n) is 12.3. The van der Waals surface area contributed by atoms with Gasteiger partial charge < -0.3 is 11.1 Å². The number of halogens is 1. The Kier molecular flexibility index (Phi) is 6.50. The molecule has 1 aliphatic carbocycles. The van der Waals surface area contributed by atoms with Gasteiger partial charge in [0, 0.05) is 6.04 Å². The van der Waals surface area contributed by atoms with Crippen molar-refractivity contribution in [1.82, 2.24) is 5.32 Å². The maximum Gasteiger partial charge on any atom is 0.241 e. The molecule has 0 heterocycles. The summed E-state index contributed by atoms with van der Waals surface area (Å²) in [6, 6.07) is 7.59. The first kappa shape index (κ1) is 17.0. The molecular weight excluding hydrogens is 272 g/mol. The summed E-state index contributed by atoms with van der Waals surface area (Å²) >= 11 is 0. The van der Waals surface area contributed by atoms with Crippen LogP contribution in [0.15, 0.2) is 24.3 Å². The van der Waals surface area contributed by atoms with Gasteiger partial charge in [0.25, 0.3) is 0 Å². The fourth-order valence-corrected chi connectivity index (χ4v) is 2.78. The number of aryl methyl sites for hydroxylation is 1. The van der Waals surface area contributed by atoms with Crippen molar-refractivity contribution in [3.63, 3.8) is 0 Å². The summed E-state index contributed by atoms with van der Waals surface area (Å²) in [5.41, 5.74) is 8.09. The minimum absolute atomic E-state index is 0. The van der Waals surface area contributed by atoms with E-state index in [1.165, 1.54) is 18.4 Å². The molecule has 1 fully saturated rings. The molecule has 1 aliphatic rings. The van der Waals surface area contributed by atoms with Crippen LogP contribution in [0.1, 0.15) is 49.8 Å². The van der Waals surface area contributed by atoms with Crippen molar-refractivity contribution >= 4 is 18.3 Å². The average Bonchev–Trinajstić information content (AvgIpc) is 2.39. The fraction of sp³-hybridized carbons (Fsp3) is 0.562. The van der Waals surface area contributed by atoms with Gasteiger partial charge >= 0.3 is 0 Å². The SMILES string of the molecule is Cc1ccc(C(N)C(=O)NC2CCCC(C)C2)cc1.Cl. The Bertz CT molecular complexity index is 433. The molecule has 0 radical (unpaired) electrons. The van der Waals surface area contributed by atoms with Crippen molar-refractivity contribution in [2.45, 2.75) is 51.6 Å². The lowest BCUT2D eigenvalue weighted by Gasteiger charge is -2.28. The Hall–Kier alpha value is -1.06. The molecule has 1 amide bonds. The summed E-state index contributed by atoms with van der Waals surface area (Å²) in [6.07, 6.45) is 4.63. The van der Waals surface area contributed by atoms with Crippen molar-refractivity contribution < 1.29 is 4.79 Å². The second-order valence-corrected chi connectivity index (χ2v) is 5.87. The van der Waals surface area contributed by atoms with Gasteiger partial charge in [-0.2, -0.15) is 0 Å². The molecule has 3 nitrogen and oxygen atoms in total. The van der Waals surface area contributed by atoms with E-state index in [4.69, 9.17) is 5.73 Å². The highest BCUT2D eigenvalue weighted by Gasteiger charge is 2.23. The average molecular weight is 297 g/mol. The highest BCUT2D eigenvalue weighted by atomic mass is 35.5. The van der Waals surface area contributed by atoms with Gasteiger partial charge in [-0.1, -0.05) is 49.6 Å². The minimum atomic E-state index is -0.558. The molecule has 0 spiro atoms. The van der Waals surface area contributed by atoms with Gasteiger partial charge in [0.15, 0.2) is 0 Å². The van der Waals surface area contributed by atoms with Crippen molar-refractivity contribution in [3.8, 4) is 0 Å². The van der Waals surface area contributed by atoms with E-state index in [-0.39, 0.29) is 18.3 Å². The maximum atomic E-state index is 12.2. The third-order valence-corrected chi connectivity index (χ3v) is 4.00. The number of nitrogens with two attached hydrogens (primary N) is 1. The first-order valence-corrected chi connectivity index (χ1v) is 7.19. The number of amides is 1. The molecule has 1 aromatic carbocycles. The molecular formula is C16H25ClN2O. The minimum Gasteiger partial charge on any atom is -0.352 e. The smallest absolute Gasteiger partial charge is 0.241 e. The maximum absolute atomic E-state index is 12.2. The van der Waals surface area contributed by atoms with E-state index >= 15 is 0 Å². The van der Waals surface area contributed by atoms with Gasteiger partial charge in [-0.25, -0.2) is 0 Å². The summed E-state index contributed by atoms with van der Waals surface area (Å²) in [5.74, 6) is 0.651. The lowest BCUT2D eigenvalue weighted by Crippen LogP contribution is -2.42. The van der Waals surface area contributed by atoms with Gasteiger partial charge in [0.1, 0.15) is 6.04 Å². The Morgan fingerprint density at radius 2 is 1.95 bits per heavy atom. The predicted octanol–water partition coefficient (Wildman–Crippen LogP) is 3.11. The quantitative estimate of drug-likeness (QED) is 0.900. The van der Waals surface area contributed by atoms with E-state index < -0.39 is 6.04 Å². The van der Waals surface area contributed by atoms with Crippen LogP contribution in [0.3, 0.4) is 0 Å². The molecule has 4 heteroatoms. The summed E-state index contributed by atoms with van der Waals surface area (Å²) in [7, 11) is 0. The third-order valence-electron chi connectivity index (χ3n) is 4.00.